The van der Waals surface area contributed by atoms with Crippen LogP contribution in [-0.4, -0.2) is 43.6 Å². The molecule has 24 heavy (non-hydrogen) atoms. The maximum Gasteiger partial charge on any atom is 0.196 e. The van der Waals surface area contributed by atoms with Crippen LogP contribution >= 0.6 is 11.3 Å². The molecule has 0 aliphatic rings. The second-order valence-electron chi connectivity index (χ2n) is 6.79. The van der Waals surface area contributed by atoms with Crippen molar-refractivity contribution in [3.63, 3.8) is 0 Å². The fourth-order valence-corrected chi connectivity index (χ4v) is 3.71. The lowest BCUT2D eigenvalue weighted by atomic mass is 10.2. The Balaban J connectivity index is 1.93. The van der Waals surface area contributed by atoms with Gasteiger partial charge in [0.25, 0.3) is 0 Å². The van der Waals surface area contributed by atoms with E-state index < -0.39 is 6.23 Å². The summed E-state index contributed by atoms with van der Waals surface area (Å²) in [4.78, 5) is 12.7. The molecule has 126 valence electrons. The standard InChI is InChI=1S/C19H22NO3S/c1-20(2,3)17(21)11-12-23-15-9-6-8-14-18(22)13-7-4-5-10-16(13)24-19(14)15/h4-10,17,21H,11-12H2,1-3H3/q+1. The second kappa shape index (κ2) is 6.51. The third-order valence-electron chi connectivity index (χ3n) is 4.09. The quantitative estimate of drug-likeness (QED) is 0.439. The van der Waals surface area contributed by atoms with Crippen molar-refractivity contribution in [2.75, 3.05) is 27.7 Å². The molecule has 1 unspecified atom stereocenters. The highest BCUT2D eigenvalue weighted by Gasteiger charge is 2.20. The molecule has 0 aliphatic heterocycles. The number of ether oxygens (including phenoxy) is 1. The Hall–Kier alpha value is -1.95. The van der Waals surface area contributed by atoms with Gasteiger partial charge >= 0.3 is 0 Å². The highest BCUT2D eigenvalue weighted by atomic mass is 32.1. The van der Waals surface area contributed by atoms with E-state index in [2.05, 4.69) is 0 Å². The van der Waals surface area contributed by atoms with Gasteiger partial charge in [0.2, 0.25) is 0 Å². The monoisotopic (exact) mass is 344 g/mol. The first kappa shape index (κ1) is 16.9. The Bertz CT molecular complexity index is 927. The summed E-state index contributed by atoms with van der Waals surface area (Å²) in [5, 5.41) is 11.5. The zero-order chi connectivity index (χ0) is 17.3. The van der Waals surface area contributed by atoms with Crippen LogP contribution in [0.2, 0.25) is 0 Å². The lowest BCUT2D eigenvalue weighted by molar-refractivity contribution is -0.919. The summed E-state index contributed by atoms with van der Waals surface area (Å²) < 4.78 is 8.18. The minimum atomic E-state index is -0.487. The molecule has 1 heterocycles. The molecule has 0 fully saturated rings. The van der Waals surface area contributed by atoms with Crippen LogP contribution < -0.4 is 10.2 Å². The van der Waals surface area contributed by atoms with Crippen molar-refractivity contribution < 1.29 is 14.3 Å². The van der Waals surface area contributed by atoms with Gasteiger partial charge in [0.15, 0.2) is 11.7 Å². The molecule has 0 aliphatic carbocycles. The topological polar surface area (TPSA) is 46.5 Å². The Kier molecular flexibility index (Phi) is 4.58. The molecule has 0 radical (unpaired) electrons. The number of fused-ring (bicyclic) bond motifs is 2. The van der Waals surface area contributed by atoms with Gasteiger partial charge in [0.05, 0.1) is 38.9 Å². The molecule has 0 amide bonds. The largest absolute Gasteiger partial charge is 0.492 e. The molecule has 3 aromatic rings. The summed E-state index contributed by atoms with van der Waals surface area (Å²) in [6.45, 7) is 0.406. The minimum absolute atomic E-state index is 0.0381. The van der Waals surface area contributed by atoms with Crippen molar-refractivity contribution in [2.24, 2.45) is 0 Å². The Labute approximate surface area is 145 Å². The second-order valence-corrected chi connectivity index (χ2v) is 7.85. The highest BCUT2D eigenvalue weighted by molar-refractivity contribution is 7.24. The van der Waals surface area contributed by atoms with E-state index in [1.54, 1.807) is 11.3 Å². The number of aliphatic hydroxyl groups is 1. The normalized spacial score (nSPS) is 13.3. The van der Waals surface area contributed by atoms with E-state index in [0.29, 0.717) is 28.6 Å². The molecule has 0 bridgehead atoms. The number of nitrogens with zero attached hydrogens (tertiary/aromatic N) is 1. The third-order valence-corrected chi connectivity index (χ3v) is 5.30. The van der Waals surface area contributed by atoms with Crippen LogP contribution in [0.25, 0.3) is 20.2 Å². The van der Waals surface area contributed by atoms with Crippen LogP contribution in [0.1, 0.15) is 6.42 Å². The van der Waals surface area contributed by atoms with Gasteiger partial charge in [-0.3, -0.25) is 4.79 Å². The average Bonchev–Trinajstić information content (AvgIpc) is 2.55. The minimum Gasteiger partial charge on any atom is -0.492 e. The summed E-state index contributed by atoms with van der Waals surface area (Å²) in [6, 6.07) is 13.2. The summed E-state index contributed by atoms with van der Waals surface area (Å²) >= 11 is 1.57. The maximum absolute atomic E-state index is 12.7. The molecular formula is C19H22NO3S+. The first-order chi connectivity index (χ1) is 11.4. The van der Waals surface area contributed by atoms with Crippen molar-refractivity contribution in [3.05, 3.63) is 52.7 Å². The highest BCUT2D eigenvalue weighted by Crippen LogP contribution is 2.32. The van der Waals surface area contributed by atoms with Crippen LogP contribution in [-0.2, 0) is 0 Å². The smallest absolute Gasteiger partial charge is 0.196 e. The Morgan fingerprint density at radius 3 is 2.54 bits per heavy atom. The zero-order valence-electron chi connectivity index (χ0n) is 14.2. The van der Waals surface area contributed by atoms with Gasteiger partial charge in [-0.25, -0.2) is 0 Å². The predicted octanol–water partition coefficient (Wildman–Crippen LogP) is 3.21. The molecule has 1 atom stereocenters. The SMILES string of the molecule is C[N+](C)(C)C(O)CCOc1cccc2c(=O)c3ccccc3sc12. The van der Waals surface area contributed by atoms with Crippen molar-refractivity contribution in [2.45, 2.75) is 12.6 Å². The van der Waals surface area contributed by atoms with Crippen LogP contribution in [0.3, 0.4) is 0 Å². The van der Waals surface area contributed by atoms with Crippen molar-refractivity contribution >= 4 is 31.5 Å². The van der Waals surface area contributed by atoms with Crippen LogP contribution in [0, 0.1) is 0 Å². The van der Waals surface area contributed by atoms with Crippen LogP contribution in [0.15, 0.2) is 47.3 Å². The number of hydrogen-bond acceptors (Lipinski definition) is 4. The predicted molar refractivity (Wildman–Crippen MR) is 99.8 cm³/mol. The lowest BCUT2D eigenvalue weighted by Crippen LogP contribution is -2.45. The van der Waals surface area contributed by atoms with Gasteiger partial charge in [-0.15, -0.1) is 11.3 Å². The number of benzene rings is 2. The zero-order valence-corrected chi connectivity index (χ0v) is 15.0. The van der Waals surface area contributed by atoms with E-state index in [1.165, 1.54) is 0 Å². The maximum atomic E-state index is 12.7. The molecule has 4 nitrogen and oxygen atoms in total. The van der Waals surface area contributed by atoms with Gasteiger partial charge in [0.1, 0.15) is 5.75 Å². The average molecular weight is 344 g/mol. The molecular weight excluding hydrogens is 322 g/mol. The van der Waals surface area contributed by atoms with Crippen LogP contribution in [0.5, 0.6) is 5.75 Å². The summed E-state index contributed by atoms with van der Waals surface area (Å²) in [7, 11) is 5.83. The first-order valence-electron chi connectivity index (χ1n) is 7.94. The molecule has 3 rings (SSSR count). The molecule has 1 aromatic heterocycles. The number of rotatable bonds is 5. The van der Waals surface area contributed by atoms with Gasteiger partial charge in [-0.2, -0.15) is 0 Å². The fraction of sp³-hybridized carbons (Fsp3) is 0.316. The first-order valence-corrected chi connectivity index (χ1v) is 8.76. The van der Waals surface area contributed by atoms with E-state index in [1.807, 2.05) is 63.6 Å². The number of quaternary nitrogens is 1. The lowest BCUT2D eigenvalue weighted by Gasteiger charge is -2.29. The van der Waals surface area contributed by atoms with E-state index >= 15 is 0 Å². The molecule has 5 heteroatoms. The van der Waals surface area contributed by atoms with Crippen molar-refractivity contribution in [3.8, 4) is 5.75 Å². The van der Waals surface area contributed by atoms with E-state index in [4.69, 9.17) is 4.74 Å². The van der Waals surface area contributed by atoms with Crippen molar-refractivity contribution in [1.29, 1.82) is 0 Å². The summed E-state index contributed by atoms with van der Waals surface area (Å²) in [5.74, 6) is 0.703. The number of hydrogen-bond donors (Lipinski definition) is 1. The molecule has 2 aromatic carbocycles. The van der Waals surface area contributed by atoms with Gasteiger partial charge in [-0.1, -0.05) is 18.2 Å². The van der Waals surface area contributed by atoms with E-state index in [9.17, 15) is 9.90 Å². The van der Waals surface area contributed by atoms with E-state index in [-0.39, 0.29) is 5.43 Å². The third kappa shape index (κ3) is 3.29. The molecule has 0 spiro atoms. The molecule has 0 saturated heterocycles. The van der Waals surface area contributed by atoms with Gasteiger partial charge < -0.3 is 14.3 Å². The van der Waals surface area contributed by atoms with E-state index in [0.717, 1.165) is 14.8 Å². The Morgan fingerprint density at radius 1 is 1.08 bits per heavy atom. The van der Waals surface area contributed by atoms with Gasteiger partial charge in [-0.05, 0) is 24.3 Å². The van der Waals surface area contributed by atoms with Gasteiger partial charge in [0, 0.05) is 15.5 Å². The van der Waals surface area contributed by atoms with Crippen LogP contribution in [0.4, 0.5) is 0 Å². The van der Waals surface area contributed by atoms with Crippen molar-refractivity contribution in [1.82, 2.24) is 0 Å². The Morgan fingerprint density at radius 2 is 1.79 bits per heavy atom. The molecule has 0 saturated carbocycles. The fourth-order valence-electron chi connectivity index (χ4n) is 2.57. The molecule has 1 N–H and O–H groups in total. The number of aliphatic hydroxyl groups excluding tert-OH is 1. The summed E-state index contributed by atoms with van der Waals surface area (Å²) in [5.41, 5.74) is 0.0381. The summed E-state index contributed by atoms with van der Waals surface area (Å²) in [6.07, 6.45) is 0.0436.